The molecule has 0 spiro atoms. The minimum Gasteiger partial charge on any atom is -0.411 e. The van der Waals surface area contributed by atoms with E-state index in [-0.39, 0.29) is 12.0 Å². The van der Waals surface area contributed by atoms with Crippen LogP contribution in [0.1, 0.15) is 27.2 Å². The smallest absolute Gasteiger partial charge is 0.337 e. The van der Waals surface area contributed by atoms with Crippen molar-refractivity contribution in [2.45, 2.75) is 33.2 Å². The Kier molecular flexibility index (Phi) is 2.27. The van der Waals surface area contributed by atoms with Crippen LogP contribution < -0.4 is 0 Å². The first-order valence-corrected chi connectivity index (χ1v) is 3.85. The van der Waals surface area contributed by atoms with E-state index in [2.05, 4.69) is 18.8 Å². The van der Waals surface area contributed by atoms with E-state index in [1.54, 1.807) is 6.92 Å². The van der Waals surface area contributed by atoms with Crippen molar-refractivity contribution in [2.24, 2.45) is 10.9 Å². The Morgan fingerprint density at radius 3 is 2.64 bits per heavy atom. The van der Waals surface area contributed by atoms with Gasteiger partial charge in [0, 0.05) is 6.92 Å². The summed E-state index contributed by atoms with van der Waals surface area (Å²) in [6.45, 7) is 5.84. The van der Waals surface area contributed by atoms with Crippen LogP contribution in [0.15, 0.2) is 4.99 Å². The molecule has 0 aliphatic carbocycles. The van der Waals surface area contributed by atoms with Gasteiger partial charge < -0.3 is 4.74 Å². The fourth-order valence-corrected chi connectivity index (χ4v) is 1.11. The Labute approximate surface area is 66.5 Å². The molecule has 1 rings (SSSR count). The van der Waals surface area contributed by atoms with E-state index in [1.807, 2.05) is 0 Å². The Morgan fingerprint density at radius 2 is 2.27 bits per heavy atom. The van der Waals surface area contributed by atoms with Gasteiger partial charge in [0.15, 0.2) is 11.9 Å². The Balaban J connectivity index is 2.52. The molecule has 11 heavy (non-hydrogen) atoms. The van der Waals surface area contributed by atoms with Crippen molar-refractivity contribution in [2.75, 3.05) is 0 Å². The molecule has 0 N–H and O–H groups in total. The maximum absolute atomic E-state index is 11.0. The molecule has 1 atom stereocenters. The lowest BCUT2D eigenvalue weighted by molar-refractivity contribution is -0.135. The van der Waals surface area contributed by atoms with Crippen LogP contribution in [0.5, 0.6) is 0 Å². The molecular weight excluding hydrogens is 142 g/mol. The van der Waals surface area contributed by atoms with Gasteiger partial charge in [0.25, 0.3) is 0 Å². The number of aliphatic imine (C=N–C) groups is 1. The number of cyclic esters (lactones) is 1. The van der Waals surface area contributed by atoms with Gasteiger partial charge in [-0.25, -0.2) is 9.79 Å². The van der Waals surface area contributed by atoms with Gasteiger partial charge in [0.2, 0.25) is 0 Å². The van der Waals surface area contributed by atoms with Crippen molar-refractivity contribution in [1.29, 1.82) is 0 Å². The van der Waals surface area contributed by atoms with Crippen molar-refractivity contribution in [1.82, 2.24) is 0 Å². The number of nitrogens with zero attached hydrogens (tertiary/aromatic N) is 1. The van der Waals surface area contributed by atoms with E-state index in [9.17, 15) is 4.79 Å². The first-order chi connectivity index (χ1) is 5.09. The fourth-order valence-electron chi connectivity index (χ4n) is 1.11. The van der Waals surface area contributed by atoms with Crippen molar-refractivity contribution >= 4 is 11.9 Å². The number of esters is 1. The summed E-state index contributed by atoms with van der Waals surface area (Å²) in [6, 6.07) is -0.241. The minimum absolute atomic E-state index is 0.198. The maximum Gasteiger partial charge on any atom is 0.337 e. The number of rotatable bonds is 2. The topological polar surface area (TPSA) is 38.7 Å². The summed E-state index contributed by atoms with van der Waals surface area (Å²) >= 11 is 0. The highest BCUT2D eigenvalue weighted by atomic mass is 16.6. The SMILES string of the molecule is CC1=N[C@@H](CC(C)C)C(=O)O1. The van der Waals surface area contributed by atoms with Crippen LogP contribution in [-0.2, 0) is 9.53 Å². The van der Waals surface area contributed by atoms with Crippen LogP contribution in [0.25, 0.3) is 0 Å². The lowest BCUT2D eigenvalue weighted by Crippen LogP contribution is -2.16. The third kappa shape index (κ3) is 2.03. The second-order valence-electron chi connectivity index (χ2n) is 3.21. The lowest BCUT2D eigenvalue weighted by Gasteiger charge is -2.05. The summed E-state index contributed by atoms with van der Waals surface area (Å²) < 4.78 is 4.79. The molecule has 0 unspecified atom stereocenters. The zero-order valence-corrected chi connectivity index (χ0v) is 7.13. The highest BCUT2D eigenvalue weighted by Gasteiger charge is 2.26. The van der Waals surface area contributed by atoms with Gasteiger partial charge in [-0.1, -0.05) is 13.8 Å². The average molecular weight is 155 g/mol. The van der Waals surface area contributed by atoms with Gasteiger partial charge in [0.05, 0.1) is 0 Å². The van der Waals surface area contributed by atoms with Crippen molar-refractivity contribution < 1.29 is 9.53 Å². The Morgan fingerprint density at radius 1 is 1.64 bits per heavy atom. The highest BCUT2D eigenvalue weighted by Crippen LogP contribution is 2.14. The van der Waals surface area contributed by atoms with Gasteiger partial charge in [-0.05, 0) is 12.3 Å². The molecule has 3 nitrogen and oxygen atoms in total. The monoisotopic (exact) mass is 155 g/mol. The molecule has 0 fully saturated rings. The molecule has 62 valence electrons. The van der Waals surface area contributed by atoms with Gasteiger partial charge in [0.1, 0.15) is 0 Å². The summed E-state index contributed by atoms with van der Waals surface area (Å²) in [4.78, 5) is 15.0. The Bertz CT molecular complexity index is 196. The van der Waals surface area contributed by atoms with Gasteiger partial charge in [-0.2, -0.15) is 0 Å². The zero-order chi connectivity index (χ0) is 8.43. The zero-order valence-electron chi connectivity index (χ0n) is 7.13. The molecule has 0 aromatic carbocycles. The number of carbonyl (C=O) groups is 1. The molecule has 1 aliphatic rings. The summed E-state index contributed by atoms with van der Waals surface area (Å²) in [6.07, 6.45) is 0.788. The fraction of sp³-hybridized carbons (Fsp3) is 0.750. The molecule has 0 saturated carbocycles. The van der Waals surface area contributed by atoms with Crippen LogP contribution in [-0.4, -0.2) is 17.9 Å². The summed E-state index contributed by atoms with van der Waals surface area (Å²) in [5, 5.41) is 0. The van der Waals surface area contributed by atoms with E-state index in [0.29, 0.717) is 11.8 Å². The third-order valence-corrected chi connectivity index (χ3v) is 1.55. The first-order valence-electron chi connectivity index (χ1n) is 3.85. The van der Waals surface area contributed by atoms with Gasteiger partial charge in [-0.15, -0.1) is 0 Å². The average Bonchev–Trinajstić information content (AvgIpc) is 2.09. The van der Waals surface area contributed by atoms with Crippen LogP contribution in [0.2, 0.25) is 0 Å². The predicted octanol–water partition coefficient (Wildman–Crippen LogP) is 1.38. The van der Waals surface area contributed by atoms with Crippen molar-refractivity contribution in [3.8, 4) is 0 Å². The normalized spacial score (nSPS) is 23.8. The van der Waals surface area contributed by atoms with Crippen LogP contribution in [0, 0.1) is 5.92 Å². The van der Waals surface area contributed by atoms with E-state index >= 15 is 0 Å². The van der Waals surface area contributed by atoms with E-state index < -0.39 is 0 Å². The maximum atomic E-state index is 11.0. The van der Waals surface area contributed by atoms with Crippen LogP contribution in [0.4, 0.5) is 0 Å². The standard InChI is InChI=1S/C8H13NO2/c1-5(2)4-7-8(10)11-6(3)9-7/h5,7H,4H2,1-3H3/t7-/m0/s1. The molecule has 0 amide bonds. The largest absolute Gasteiger partial charge is 0.411 e. The second-order valence-corrected chi connectivity index (χ2v) is 3.21. The molecule has 0 radical (unpaired) electrons. The first kappa shape index (κ1) is 8.24. The number of hydrogen-bond donors (Lipinski definition) is 0. The molecule has 3 heteroatoms. The Hall–Kier alpha value is -0.860. The van der Waals surface area contributed by atoms with E-state index in [1.165, 1.54) is 0 Å². The van der Waals surface area contributed by atoms with Crippen molar-refractivity contribution in [3.05, 3.63) is 0 Å². The van der Waals surface area contributed by atoms with Crippen LogP contribution >= 0.6 is 0 Å². The molecule has 1 aliphatic heterocycles. The summed E-state index contributed by atoms with van der Waals surface area (Å²) in [7, 11) is 0. The molecule has 1 heterocycles. The third-order valence-electron chi connectivity index (χ3n) is 1.55. The summed E-state index contributed by atoms with van der Waals surface area (Å²) in [5.41, 5.74) is 0. The highest BCUT2D eigenvalue weighted by molar-refractivity contribution is 5.95. The molecule has 0 aromatic rings. The van der Waals surface area contributed by atoms with Gasteiger partial charge in [-0.3, -0.25) is 0 Å². The van der Waals surface area contributed by atoms with Gasteiger partial charge >= 0.3 is 5.97 Å². The van der Waals surface area contributed by atoms with E-state index in [0.717, 1.165) is 6.42 Å². The minimum atomic E-state index is -0.241. The quantitative estimate of drug-likeness (QED) is 0.565. The van der Waals surface area contributed by atoms with E-state index in [4.69, 9.17) is 4.74 Å². The number of carbonyl (C=O) groups excluding carboxylic acids is 1. The number of ether oxygens (including phenoxy) is 1. The predicted molar refractivity (Wildman–Crippen MR) is 42.4 cm³/mol. The number of hydrogen-bond acceptors (Lipinski definition) is 3. The molecular formula is C8H13NO2. The lowest BCUT2D eigenvalue weighted by atomic mass is 10.1. The molecule has 0 aromatic heterocycles. The van der Waals surface area contributed by atoms with Crippen LogP contribution in [0.3, 0.4) is 0 Å². The molecule has 0 saturated heterocycles. The van der Waals surface area contributed by atoms with Crippen molar-refractivity contribution in [3.63, 3.8) is 0 Å². The molecule has 0 bridgehead atoms. The summed E-state index contributed by atoms with van der Waals surface area (Å²) in [5.74, 6) is 0.791. The second kappa shape index (κ2) is 3.03.